The molecule has 2 heterocycles. The third-order valence-corrected chi connectivity index (χ3v) is 3.71. The Kier molecular flexibility index (Phi) is 2.49. The minimum absolute atomic E-state index is 0.633. The number of nitrogens with zero attached hydrogens (tertiary/aromatic N) is 3. The molecule has 1 aromatic carbocycles. The standard InChI is InChI=1S/C11H9N3S2/c15-10-12-9(8-4-2-1-3-5-8)13-11-14(10)6-7-16-11/h1-5H,6-7H2. The van der Waals surface area contributed by atoms with Crippen LogP contribution in [0.15, 0.2) is 35.5 Å². The molecule has 0 aliphatic carbocycles. The average Bonchev–Trinajstić information content (AvgIpc) is 2.79. The van der Waals surface area contributed by atoms with E-state index in [2.05, 4.69) is 9.97 Å². The molecule has 0 fully saturated rings. The average molecular weight is 247 g/mol. The zero-order valence-electron chi connectivity index (χ0n) is 8.46. The van der Waals surface area contributed by atoms with E-state index in [-0.39, 0.29) is 0 Å². The predicted octanol–water partition coefficient (Wildman–Crippen LogP) is 2.78. The molecular formula is C11H9N3S2. The maximum atomic E-state index is 5.26. The Morgan fingerprint density at radius 3 is 2.81 bits per heavy atom. The van der Waals surface area contributed by atoms with Gasteiger partial charge in [-0.2, -0.15) is 4.98 Å². The first-order valence-corrected chi connectivity index (χ1v) is 6.41. The molecule has 0 N–H and O–H groups in total. The number of rotatable bonds is 1. The van der Waals surface area contributed by atoms with Crippen molar-refractivity contribution in [2.75, 3.05) is 5.75 Å². The van der Waals surface area contributed by atoms with Crippen molar-refractivity contribution >= 4 is 24.0 Å². The van der Waals surface area contributed by atoms with Crippen LogP contribution in [0.25, 0.3) is 11.4 Å². The molecule has 1 aliphatic heterocycles. The van der Waals surface area contributed by atoms with Crippen molar-refractivity contribution in [3.05, 3.63) is 35.1 Å². The highest BCUT2D eigenvalue weighted by Gasteiger charge is 2.14. The zero-order chi connectivity index (χ0) is 11.0. The van der Waals surface area contributed by atoms with Gasteiger partial charge in [0.1, 0.15) is 0 Å². The molecule has 0 unspecified atom stereocenters. The SMILES string of the molecule is S=c1nc(-c2ccccc2)nc2n1CCS2. The van der Waals surface area contributed by atoms with Gasteiger partial charge in [-0.15, -0.1) is 0 Å². The van der Waals surface area contributed by atoms with E-state index in [1.165, 1.54) is 0 Å². The maximum absolute atomic E-state index is 5.26. The Morgan fingerprint density at radius 2 is 2.00 bits per heavy atom. The minimum atomic E-state index is 0.633. The van der Waals surface area contributed by atoms with Gasteiger partial charge in [-0.1, -0.05) is 42.1 Å². The Morgan fingerprint density at radius 1 is 1.19 bits per heavy atom. The second-order valence-corrected chi connectivity index (χ2v) is 4.91. The van der Waals surface area contributed by atoms with E-state index in [0.29, 0.717) is 4.77 Å². The number of hydrogen-bond acceptors (Lipinski definition) is 4. The molecule has 3 rings (SSSR count). The third kappa shape index (κ3) is 1.66. The van der Waals surface area contributed by atoms with Crippen LogP contribution in [0, 0.1) is 4.77 Å². The third-order valence-electron chi connectivity index (χ3n) is 2.44. The van der Waals surface area contributed by atoms with Crippen LogP contribution in [0.5, 0.6) is 0 Å². The molecule has 0 bridgehead atoms. The van der Waals surface area contributed by atoms with Gasteiger partial charge in [-0.25, -0.2) is 4.98 Å². The van der Waals surface area contributed by atoms with Crippen LogP contribution in [0.3, 0.4) is 0 Å². The molecule has 80 valence electrons. The molecule has 5 heteroatoms. The summed E-state index contributed by atoms with van der Waals surface area (Å²) in [7, 11) is 0. The second-order valence-electron chi connectivity index (χ2n) is 3.48. The summed E-state index contributed by atoms with van der Waals surface area (Å²) in [5, 5.41) is 0.985. The van der Waals surface area contributed by atoms with Crippen molar-refractivity contribution in [2.45, 2.75) is 11.7 Å². The van der Waals surface area contributed by atoms with Crippen LogP contribution >= 0.6 is 24.0 Å². The molecule has 1 aliphatic rings. The Bertz CT molecular complexity index is 578. The monoisotopic (exact) mass is 247 g/mol. The highest BCUT2D eigenvalue weighted by molar-refractivity contribution is 7.99. The lowest BCUT2D eigenvalue weighted by molar-refractivity contribution is 0.647. The summed E-state index contributed by atoms with van der Waals surface area (Å²) < 4.78 is 2.63. The summed E-state index contributed by atoms with van der Waals surface area (Å²) in [6.07, 6.45) is 0. The summed E-state index contributed by atoms with van der Waals surface area (Å²) >= 11 is 7.00. The van der Waals surface area contributed by atoms with Gasteiger partial charge in [0.2, 0.25) is 4.77 Å². The van der Waals surface area contributed by atoms with Crippen LogP contribution < -0.4 is 0 Å². The molecule has 3 nitrogen and oxygen atoms in total. The Hall–Kier alpha value is -1.20. The van der Waals surface area contributed by atoms with E-state index in [9.17, 15) is 0 Å². The highest BCUT2D eigenvalue weighted by Crippen LogP contribution is 2.25. The first-order chi connectivity index (χ1) is 7.84. The minimum Gasteiger partial charge on any atom is -0.295 e. The fourth-order valence-electron chi connectivity index (χ4n) is 1.65. The molecule has 0 saturated carbocycles. The summed E-state index contributed by atoms with van der Waals surface area (Å²) in [5.74, 6) is 1.77. The van der Waals surface area contributed by atoms with Crippen molar-refractivity contribution in [3.8, 4) is 11.4 Å². The van der Waals surface area contributed by atoms with Crippen molar-refractivity contribution in [1.82, 2.24) is 14.5 Å². The maximum Gasteiger partial charge on any atom is 0.203 e. The van der Waals surface area contributed by atoms with E-state index >= 15 is 0 Å². The highest BCUT2D eigenvalue weighted by atomic mass is 32.2. The molecule has 0 radical (unpaired) electrons. The summed E-state index contributed by atoms with van der Waals surface area (Å²) in [6.45, 7) is 0.925. The van der Waals surface area contributed by atoms with Gasteiger partial charge >= 0.3 is 0 Å². The number of thioether (sulfide) groups is 1. The molecule has 0 spiro atoms. The molecule has 2 aromatic rings. The topological polar surface area (TPSA) is 30.7 Å². The molecule has 1 aromatic heterocycles. The van der Waals surface area contributed by atoms with Gasteiger partial charge in [-0.05, 0) is 12.2 Å². The van der Waals surface area contributed by atoms with Gasteiger partial charge in [0, 0.05) is 17.9 Å². The van der Waals surface area contributed by atoms with E-state index in [4.69, 9.17) is 12.2 Å². The summed E-state index contributed by atoms with van der Waals surface area (Å²) in [5.41, 5.74) is 1.02. The molecule has 0 amide bonds. The zero-order valence-corrected chi connectivity index (χ0v) is 10.1. The van der Waals surface area contributed by atoms with Crippen LogP contribution in [-0.2, 0) is 6.54 Å². The number of hydrogen-bond donors (Lipinski definition) is 0. The normalized spacial score (nSPS) is 13.8. The van der Waals surface area contributed by atoms with Crippen molar-refractivity contribution in [2.24, 2.45) is 0 Å². The lowest BCUT2D eigenvalue weighted by atomic mass is 10.2. The van der Waals surface area contributed by atoms with Gasteiger partial charge in [0.15, 0.2) is 11.0 Å². The fourth-order valence-corrected chi connectivity index (χ4v) is 2.92. The van der Waals surface area contributed by atoms with Crippen LogP contribution in [-0.4, -0.2) is 20.3 Å². The van der Waals surface area contributed by atoms with E-state index in [1.807, 2.05) is 34.9 Å². The molecular weight excluding hydrogens is 238 g/mol. The first-order valence-electron chi connectivity index (χ1n) is 5.02. The van der Waals surface area contributed by atoms with E-state index in [0.717, 1.165) is 28.8 Å². The quantitative estimate of drug-likeness (QED) is 0.725. The van der Waals surface area contributed by atoms with Crippen LogP contribution in [0.2, 0.25) is 0 Å². The first kappa shape index (κ1) is 9.99. The van der Waals surface area contributed by atoms with Crippen molar-refractivity contribution in [3.63, 3.8) is 0 Å². The largest absolute Gasteiger partial charge is 0.295 e. The van der Waals surface area contributed by atoms with Crippen molar-refractivity contribution < 1.29 is 0 Å². The molecule has 0 atom stereocenters. The lowest BCUT2D eigenvalue weighted by Crippen LogP contribution is -2.04. The van der Waals surface area contributed by atoms with Crippen LogP contribution in [0.1, 0.15) is 0 Å². The van der Waals surface area contributed by atoms with Crippen LogP contribution in [0.4, 0.5) is 0 Å². The van der Waals surface area contributed by atoms with E-state index in [1.54, 1.807) is 11.8 Å². The van der Waals surface area contributed by atoms with E-state index < -0.39 is 0 Å². The summed E-state index contributed by atoms with van der Waals surface area (Å²) in [6, 6.07) is 9.95. The Labute approximate surface area is 103 Å². The lowest BCUT2D eigenvalue weighted by Gasteiger charge is -2.04. The molecule has 0 saturated heterocycles. The summed E-state index contributed by atoms with van der Waals surface area (Å²) in [4.78, 5) is 8.90. The van der Waals surface area contributed by atoms with Gasteiger partial charge in [0.25, 0.3) is 0 Å². The fraction of sp³-hybridized carbons (Fsp3) is 0.182. The number of fused-ring (bicyclic) bond motifs is 1. The molecule has 16 heavy (non-hydrogen) atoms. The number of aromatic nitrogens is 3. The van der Waals surface area contributed by atoms with Gasteiger partial charge in [-0.3, -0.25) is 4.57 Å². The van der Waals surface area contributed by atoms with Gasteiger partial charge in [0.05, 0.1) is 0 Å². The van der Waals surface area contributed by atoms with Gasteiger partial charge < -0.3 is 0 Å². The number of benzene rings is 1. The Balaban J connectivity index is 2.17. The second kappa shape index (κ2) is 3.99. The predicted molar refractivity (Wildman–Crippen MR) is 67.0 cm³/mol. The van der Waals surface area contributed by atoms with Crippen molar-refractivity contribution in [1.29, 1.82) is 0 Å². The smallest absolute Gasteiger partial charge is 0.203 e.